The number of anilines is 3. The maximum atomic E-state index is 6.26. The molecule has 8 aromatic carbocycles. The number of nitrogens with zero attached hydrogens (tertiary/aromatic N) is 1. The fraction of sp³-hybridized carbons (Fsp3) is 0.0638. The highest BCUT2D eigenvalue weighted by Crippen LogP contribution is 2.51. The molecule has 10 rings (SSSR count). The molecule has 0 N–H and O–H groups in total. The zero-order valence-corrected chi connectivity index (χ0v) is 27.4. The van der Waals surface area contributed by atoms with E-state index >= 15 is 0 Å². The highest BCUT2D eigenvalue weighted by atomic mass is 16.3. The topological polar surface area (TPSA) is 16.4 Å². The van der Waals surface area contributed by atoms with Gasteiger partial charge in [-0.2, -0.15) is 0 Å². The Balaban J connectivity index is 1.20. The molecule has 1 aliphatic carbocycles. The average Bonchev–Trinajstić information content (AvgIpc) is 3.62. The van der Waals surface area contributed by atoms with Crippen LogP contribution in [-0.2, 0) is 5.41 Å². The van der Waals surface area contributed by atoms with E-state index in [9.17, 15) is 0 Å². The summed E-state index contributed by atoms with van der Waals surface area (Å²) in [6.07, 6.45) is 0. The van der Waals surface area contributed by atoms with Gasteiger partial charge in [0.15, 0.2) is 0 Å². The molecule has 0 aliphatic heterocycles. The van der Waals surface area contributed by atoms with Crippen LogP contribution in [0.4, 0.5) is 17.1 Å². The normalized spacial score (nSPS) is 13.3. The molecular formula is C47H33NO. The lowest BCUT2D eigenvalue weighted by Crippen LogP contribution is -2.16. The number of benzene rings is 8. The quantitative estimate of drug-likeness (QED) is 0.181. The minimum atomic E-state index is -0.0987. The molecule has 0 atom stereocenters. The first-order chi connectivity index (χ1) is 24.0. The number of hydrogen-bond acceptors (Lipinski definition) is 2. The van der Waals surface area contributed by atoms with Crippen LogP contribution >= 0.6 is 0 Å². The second-order valence-electron chi connectivity index (χ2n) is 13.8. The van der Waals surface area contributed by atoms with Gasteiger partial charge in [0.25, 0.3) is 0 Å². The molecule has 1 heterocycles. The van der Waals surface area contributed by atoms with Gasteiger partial charge in [0, 0.05) is 32.9 Å². The smallest absolute Gasteiger partial charge is 0.136 e. The summed E-state index contributed by atoms with van der Waals surface area (Å²) >= 11 is 0. The van der Waals surface area contributed by atoms with Crippen molar-refractivity contribution in [2.75, 3.05) is 4.90 Å². The summed E-state index contributed by atoms with van der Waals surface area (Å²) in [5.41, 5.74) is 13.0. The van der Waals surface area contributed by atoms with E-state index in [4.69, 9.17) is 4.42 Å². The Bertz CT molecular complexity index is 2730. The maximum Gasteiger partial charge on any atom is 0.136 e. The molecule has 2 heteroatoms. The van der Waals surface area contributed by atoms with Crippen LogP contribution in [0, 0.1) is 0 Å². The molecule has 0 radical (unpaired) electrons. The largest absolute Gasteiger partial charge is 0.456 e. The molecule has 232 valence electrons. The van der Waals surface area contributed by atoms with E-state index in [1.54, 1.807) is 0 Å². The van der Waals surface area contributed by atoms with Crippen molar-refractivity contribution in [3.05, 3.63) is 175 Å². The number of fused-ring (bicyclic) bond motifs is 9. The van der Waals surface area contributed by atoms with Crippen LogP contribution in [0.5, 0.6) is 0 Å². The van der Waals surface area contributed by atoms with E-state index in [0.717, 1.165) is 39.0 Å². The summed E-state index contributed by atoms with van der Waals surface area (Å²) in [7, 11) is 0. The molecule has 9 aromatic rings. The second kappa shape index (κ2) is 10.4. The van der Waals surface area contributed by atoms with Crippen molar-refractivity contribution in [2.45, 2.75) is 19.3 Å². The van der Waals surface area contributed by atoms with Crippen molar-refractivity contribution in [1.82, 2.24) is 0 Å². The van der Waals surface area contributed by atoms with Gasteiger partial charge in [0.2, 0.25) is 0 Å². The SMILES string of the molecule is CC1(C)c2ccccc2-c2ccc(N(c3ccc(-c4ccccc4)cc3)c3cccc4c3ccc3cc5oc6ccccc6c5cc34)cc21. The third kappa shape index (κ3) is 4.20. The van der Waals surface area contributed by atoms with Gasteiger partial charge in [0.05, 0.1) is 5.69 Å². The van der Waals surface area contributed by atoms with Crippen molar-refractivity contribution in [1.29, 1.82) is 0 Å². The van der Waals surface area contributed by atoms with Gasteiger partial charge >= 0.3 is 0 Å². The predicted octanol–water partition coefficient (Wildman–Crippen LogP) is 13.3. The average molecular weight is 628 g/mol. The molecule has 2 nitrogen and oxygen atoms in total. The maximum absolute atomic E-state index is 6.26. The Morgan fingerprint density at radius 2 is 1.14 bits per heavy atom. The minimum Gasteiger partial charge on any atom is -0.456 e. The number of para-hydroxylation sites is 1. The Labute approximate surface area is 285 Å². The van der Waals surface area contributed by atoms with Crippen molar-refractivity contribution in [3.8, 4) is 22.3 Å². The number of furan rings is 1. The van der Waals surface area contributed by atoms with E-state index in [1.165, 1.54) is 54.9 Å². The molecule has 0 saturated heterocycles. The second-order valence-corrected chi connectivity index (χ2v) is 13.8. The summed E-state index contributed by atoms with van der Waals surface area (Å²) in [5, 5.41) is 7.12. The zero-order valence-electron chi connectivity index (χ0n) is 27.4. The van der Waals surface area contributed by atoms with E-state index in [-0.39, 0.29) is 5.41 Å². The minimum absolute atomic E-state index is 0.0987. The van der Waals surface area contributed by atoms with Crippen molar-refractivity contribution < 1.29 is 4.42 Å². The van der Waals surface area contributed by atoms with Crippen LogP contribution in [-0.4, -0.2) is 0 Å². The van der Waals surface area contributed by atoms with Crippen molar-refractivity contribution in [3.63, 3.8) is 0 Å². The lowest BCUT2D eigenvalue weighted by atomic mass is 9.82. The van der Waals surface area contributed by atoms with Crippen LogP contribution in [0.3, 0.4) is 0 Å². The van der Waals surface area contributed by atoms with Gasteiger partial charge in [-0.3, -0.25) is 0 Å². The van der Waals surface area contributed by atoms with Crippen molar-refractivity contribution in [2.24, 2.45) is 0 Å². The molecule has 0 saturated carbocycles. The molecule has 0 unspecified atom stereocenters. The van der Waals surface area contributed by atoms with E-state index < -0.39 is 0 Å². The van der Waals surface area contributed by atoms with E-state index in [1.807, 2.05) is 12.1 Å². The summed E-state index contributed by atoms with van der Waals surface area (Å²) in [5.74, 6) is 0. The predicted molar refractivity (Wildman–Crippen MR) is 206 cm³/mol. The molecule has 1 aromatic heterocycles. The van der Waals surface area contributed by atoms with Crippen LogP contribution in [0.25, 0.3) is 65.7 Å². The molecule has 0 bridgehead atoms. The first-order valence-corrected chi connectivity index (χ1v) is 17.0. The zero-order chi connectivity index (χ0) is 32.7. The van der Waals surface area contributed by atoms with Crippen molar-refractivity contribution >= 4 is 60.5 Å². The summed E-state index contributed by atoms with van der Waals surface area (Å²) in [6, 6.07) is 59.6. The molecule has 1 aliphatic rings. The fourth-order valence-corrected chi connectivity index (χ4v) is 8.18. The Hall–Kier alpha value is -6.12. The van der Waals surface area contributed by atoms with Gasteiger partial charge in [-0.25, -0.2) is 0 Å². The van der Waals surface area contributed by atoms with Crippen LogP contribution in [0.15, 0.2) is 168 Å². The Kier molecular flexibility index (Phi) is 5.95. The van der Waals surface area contributed by atoms with E-state index in [2.05, 4.69) is 170 Å². The molecule has 0 fully saturated rings. The number of hydrogen-bond donors (Lipinski definition) is 0. The molecule has 49 heavy (non-hydrogen) atoms. The lowest BCUT2D eigenvalue weighted by Gasteiger charge is -2.29. The molecule has 0 spiro atoms. The standard InChI is InChI=1S/C47H33NO/c1-47(2)42-16-8-6-13-36(42)37-26-24-34(28-43(37)47)48(33-22-19-31(20-23-33)30-11-4-3-5-12-30)44-17-10-15-35-38(44)25-21-32-27-46-41(29-40(32)35)39-14-7-9-18-45(39)49-46/h3-29H,1-2H3. The monoisotopic (exact) mass is 627 g/mol. The first-order valence-electron chi connectivity index (χ1n) is 17.0. The third-order valence-electron chi connectivity index (χ3n) is 10.7. The first kappa shape index (κ1) is 27.9. The molecule has 0 amide bonds. The Morgan fingerprint density at radius 3 is 2.02 bits per heavy atom. The van der Waals surface area contributed by atoms with Gasteiger partial charge < -0.3 is 9.32 Å². The highest BCUT2D eigenvalue weighted by molar-refractivity contribution is 6.18. The van der Waals surface area contributed by atoms with Gasteiger partial charge in [-0.1, -0.05) is 129 Å². The summed E-state index contributed by atoms with van der Waals surface area (Å²) in [4.78, 5) is 2.44. The van der Waals surface area contributed by atoms with Gasteiger partial charge in [-0.05, 0) is 98.1 Å². The third-order valence-corrected chi connectivity index (χ3v) is 10.7. The van der Waals surface area contributed by atoms with Gasteiger partial charge in [0.1, 0.15) is 11.2 Å². The molecular weight excluding hydrogens is 595 g/mol. The summed E-state index contributed by atoms with van der Waals surface area (Å²) in [6.45, 7) is 4.70. The van der Waals surface area contributed by atoms with E-state index in [0.29, 0.717) is 0 Å². The van der Waals surface area contributed by atoms with Crippen LogP contribution < -0.4 is 4.90 Å². The van der Waals surface area contributed by atoms with Crippen LogP contribution in [0.2, 0.25) is 0 Å². The van der Waals surface area contributed by atoms with Gasteiger partial charge in [-0.15, -0.1) is 0 Å². The highest BCUT2D eigenvalue weighted by Gasteiger charge is 2.35. The number of rotatable bonds is 4. The lowest BCUT2D eigenvalue weighted by molar-refractivity contribution is 0.660. The van der Waals surface area contributed by atoms with Crippen LogP contribution in [0.1, 0.15) is 25.0 Å². The summed E-state index contributed by atoms with van der Waals surface area (Å²) < 4.78 is 6.26. The Morgan fingerprint density at radius 1 is 0.429 bits per heavy atom. The fourth-order valence-electron chi connectivity index (χ4n) is 8.18.